The van der Waals surface area contributed by atoms with Crippen molar-refractivity contribution < 1.29 is 9.13 Å². The van der Waals surface area contributed by atoms with Crippen LogP contribution in [0.5, 0.6) is 0 Å². The number of hydrogen-bond donors (Lipinski definition) is 0. The van der Waals surface area contributed by atoms with Crippen molar-refractivity contribution in [2.45, 2.75) is 19.0 Å². The van der Waals surface area contributed by atoms with Gasteiger partial charge in [0.1, 0.15) is 0 Å². The van der Waals surface area contributed by atoms with Crippen molar-refractivity contribution in [1.29, 1.82) is 0 Å². The highest BCUT2D eigenvalue weighted by molar-refractivity contribution is 7.66. The first-order valence-electron chi connectivity index (χ1n) is 4.25. The first-order chi connectivity index (χ1) is 5.17. The van der Waals surface area contributed by atoms with Crippen molar-refractivity contribution >= 4 is 14.3 Å². The summed E-state index contributed by atoms with van der Waals surface area (Å²) in [6.07, 6.45) is 1.50. The third kappa shape index (κ3) is 5.17. The van der Waals surface area contributed by atoms with Gasteiger partial charge in [0.05, 0.1) is 14.3 Å². The largest absolute Gasteiger partial charge is 0.324 e. The SMILES string of the molecule is CCC(CP(C)(C)=O)P(C)(C)=O. The van der Waals surface area contributed by atoms with E-state index >= 15 is 0 Å². The van der Waals surface area contributed by atoms with Crippen LogP contribution in [0.1, 0.15) is 13.3 Å². The van der Waals surface area contributed by atoms with Gasteiger partial charge >= 0.3 is 0 Å². The molecule has 0 aliphatic carbocycles. The minimum absolute atomic E-state index is 0.151. The summed E-state index contributed by atoms with van der Waals surface area (Å²) in [6.45, 7) is 9.13. The van der Waals surface area contributed by atoms with E-state index in [1.165, 1.54) is 0 Å². The molecule has 0 aliphatic heterocycles. The Kier molecular flexibility index (Phi) is 4.27. The fourth-order valence-corrected chi connectivity index (χ4v) is 6.18. The lowest BCUT2D eigenvalue weighted by atomic mass is 10.4. The predicted octanol–water partition coefficient (Wildman–Crippen LogP) is 3.01. The van der Waals surface area contributed by atoms with E-state index in [2.05, 4.69) is 0 Å². The van der Waals surface area contributed by atoms with Gasteiger partial charge in [-0.05, 0) is 33.1 Å². The van der Waals surface area contributed by atoms with Crippen molar-refractivity contribution in [3.05, 3.63) is 0 Å². The van der Waals surface area contributed by atoms with Crippen LogP contribution in [0.25, 0.3) is 0 Å². The fourth-order valence-electron chi connectivity index (χ4n) is 1.27. The Morgan fingerprint density at radius 3 is 1.58 bits per heavy atom. The molecule has 0 radical (unpaired) electrons. The van der Waals surface area contributed by atoms with Gasteiger partial charge in [0.15, 0.2) is 0 Å². The van der Waals surface area contributed by atoms with Crippen LogP contribution in [-0.2, 0) is 9.13 Å². The number of rotatable bonds is 4. The molecule has 0 bridgehead atoms. The van der Waals surface area contributed by atoms with Gasteiger partial charge in [0, 0.05) is 11.8 Å². The maximum atomic E-state index is 11.7. The van der Waals surface area contributed by atoms with E-state index in [0.717, 1.165) is 6.42 Å². The Morgan fingerprint density at radius 2 is 1.50 bits per heavy atom. The maximum absolute atomic E-state index is 11.7. The average Bonchev–Trinajstić information content (AvgIpc) is 1.78. The van der Waals surface area contributed by atoms with Crippen LogP contribution in [0.15, 0.2) is 0 Å². The summed E-state index contributed by atoms with van der Waals surface area (Å²) in [4.78, 5) is 0. The molecule has 12 heavy (non-hydrogen) atoms. The van der Waals surface area contributed by atoms with E-state index in [9.17, 15) is 9.13 Å². The highest BCUT2D eigenvalue weighted by atomic mass is 31.2. The molecule has 0 amide bonds. The summed E-state index contributed by atoms with van der Waals surface area (Å²) in [5.74, 6) is 0. The molecular weight excluding hydrogens is 190 g/mol. The summed E-state index contributed by atoms with van der Waals surface area (Å²) >= 11 is 0. The molecule has 74 valence electrons. The lowest BCUT2D eigenvalue weighted by molar-refractivity contribution is 0.565. The molecule has 1 unspecified atom stereocenters. The van der Waals surface area contributed by atoms with Gasteiger partial charge < -0.3 is 9.13 Å². The first kappa shape index (κ1) is 12.5. The quantitative estimate of drug-likeness (QED) is 0.668. The second kappa shape index (κ2) is 4.11. The molecule has 0 aromatic rings. The Hall–Kier alpha value is 0.460. The van der Waals surface area contributed by atoms with Crippen LogP contribution in [0.4, 0.5) is 0 Å². The van der Waals surface area contributed by atoms with Crippen molar-refractivity contribution in [1.82, 2.24) is 0 Å². The van der Waals surface area contributed by atoms with Crippen LogP contribution in [0.2, 0.25) is 0 Å². The smallest absolute Gasteiger partial charge is 0.0852 e. The van der Waals surface area contributed by atoms with Gasteiger partial charge in [0.2, 0.25) is 0 Å². The highest BCUT2D eigenvalue weighted by Crippen LogP contribution is 2.51. The first-order valence-corrected chi connectivity index (χ1v) is 9.71. The second-order valence-corrected chi connectivity index (χ2v) is 11.4. The van der Waals surface area contributed by atoms with Crippen LogP contribution >= 0.6 is 14.3 Å². The standard InChI is InChI=1S/C8H20O2P2/c1-6-8(12(4,5)10)7-11(2,3)9/h8H,6-7H2,1-5H3. The van der Waals surface area contributed by atoms with Crippen LogP contribution < -0.4 is 0 Å². The minimum atomic E-state index is -2.04. The van der Waals surface area contributed by atoms with E-state index in [0.29, 0.717) is 6.16 Å². The van der Waals surface area contributed by atoms with Gasteiger partial charge in [-0.1, -0.05) is 6.92 Å². The van der Waals surface area contributed by atoms with Crippen LogP contribution in [0, 0.1) is 0 Å². The van der Waals surface area contributed by atoms with Crippen molar-refractivity contribution in [2.24, 2.45) is 0 Å². The summed E-state index contributed by atoms with van der Waals surface area (Å²) < 4.78 is 23.2. The van der Waals surface area contributed by atoms with E-state index in [4.69, 9.17) is 0 Å². The Labute approximate surface area is 75.9 Å². The molecular formula is C8H20O2P2. The zero-order valence-electron chi connectivity index (χ0n) is 8.70. The van der Waals surface area contributed by atoms with Crippen molar-refractivity contribution in [2.75, 3.05) is 32.8 Å². The van der Waals surface area contributed by atoms with Gasteiger partial charge in [-0.15, -0.1) is 0 Å². The molecule has 4 heteroatoms. The van der Waals surface area contributed by atoms with E-state index < -0.39 is 14.3 Å². The van der Waals surface area contributed by atoms with Gasteiger partial charge in [0.25, 0.3) is 0 Å². The lowest BCUT2D eigenvalue weighted by Crippen LogP contribution is -2.11. The third-order valence-corrected chi connectivity index (χ3v) is 5.92. The summed E-state index contributed by atoms with van der Waals surface area (Å²) in [6, 6.07) is 0. The van der Waals surface area contributed by atoms with Crippen LogP contribution in [-0.4, -0.2) is 38.5 Å². The predicted molar refractivity (Wildman–Crippen MR) is 57.9 cm³/mol. The van der Waals surface area contributed by atoms with Crippen molar-refractivity contribution in [3.8, 4) is 0 Å². The highest BCUT2D eigenvalue weighted by Gasteiger charge is 2.25. The monoisotopic (exact) mass is 210 g/mol. The molecule has 2 nitrogen and oxygen atoms in total. The van der Waals surface area contributed by atoms with E-state index in [1.54, 1.807) is 26.7 Å². The van der Waals surface area contributed by atoms with Crippen LogP contribution in [0.3, 0.4) is 0 Å². The molecule has 0 N–H and O–H groups in total. The van der Waals surface area contributed by atoms with E-state index in [-0.39, 0.29) is 5.66 Å². The van der Waals surface area contributed by atoms with E-state index in [1.807, 2.05) is 6.92 Å². The minimum Gasteiger partial charge on any atom is -0.324 e. The summed E-state index contributed by atoms with van der Waals surface area (Å²) in [7, 11) is -4.05. The molecule has 0 rings (SSSR count). The molecule has 0 saturated carbocycles. The van der Waals surface area contributed by atoms with Crippen molar-refractivity contribution in [3.63, 3.8) is 0 Å². The Bertz CT molecular complexity index is 223. The zero-order chi connectivity index (χ0) is 9.99. The summed E-state index contributed by atoms with van der Waals surface area (Å²) in [5.41, 5.74) is 0.151. The topological polar surface area (TPSA) is 34.1 Å². The molecule has 0 heterocycles. The second-order valence-electron chi connectivity index (χ2n) is 4.25. The molecule has 0 fully saturated rings. The Morgan fingerprint density at radius 1 is 1.08 bits per heavy atom. The van der Waals surface area contributed by atoms with Gasteiger partial charge in [-0.2, -0.15) is 0 Å². The molecule has 0 aliphatic rings. The average molecular weight is 210 g/mol. The molecule has 0 saturated heterocycles. The molecule has 0 aromatic heterocycles. The fraction of sp³-hybridized carbons (Fsp3) is 1.00. The lowest BCUT2D eigenvalue weighted by Gasteiger charge is -2.21. The summed E-state index contributed by atoms with van der Waals surface area (Å²) in [5, 5.41) is 0. The molecule has 0 aromatic carbocycles. The number of hydrogen-bond acceptors (Lipinski definition) is 2. The molecule has 1 atom stereocenters. The third-order valence-electron chi connectivity index (χ3n) is 2.00. The maximum Gasteiger partial charge on any atom is 0.0852 e. The Balaban J connectivity index is 4.41. The molecule has 0 spiro atoms. The normalized spacial score (nSPS) is 16.1. The zero-order valence-corrected chi connectivity index (χ0v) is 10.5. The van der Waals surface area contributed by atoms with Gasteiger partial charge in [-0.3, -0.25) is 0 Å². The van der Waals surface area contributed by atoms with Gasteiger partial charge in [-0.25, -0.2) is 0 Å².